The summed E-state index contributed by atoms with van der Waals surface area (Å²) in [5.41, 5.74) is 0.596. The van der Waals surface area contributed by atoms with Crippen LogP contribution < -0.4 is 0 Å². The number of halogens is 1. The molecule has 2 rings (SSSR count). The van der Waals surface area contributed by atoms with Gasteiger partial charge in [-0.15, -0.1) is 0 Å². The van der Waals surface area contributed by atoms with Gasteiger partial charge in [0.1, 0.15) is 11.6 Å². The van der Waals surface area contributed by atoms with E-state index in [9.17, 15) is 24.2 Å². The van der Waals surface area contributed by atoms with Crippen LogP contribution in [-0.2, 0) is 9.59 Å². The molecule has 2 unspecified atom stereocenters. The van der Waals surface area contributed by atoms with Crippen molar-refractivity contribution in [3.8, 4) is 0 Å². The molecule has 1 aliphatic rings. The molecule has 7 heteroatoms. The fourth-order valence-corrected chi connectivity index (χ4v) is 4.90. The van der Waals surface area contributed by atoms with Crippen LogP contribution in [0.4, 0.5) is 4.39 Å². The second-order valence-electron chi connectivity index (χ2n) is 6.98. The Morgan fingerprint density at radius 2 is 1.93 bits per heavy atom. The molecule has 1 fully saturated rings. The number of carboxylic acid groups (broad SMARTS) is 1. The molecule has 1 aromatic carbocycles. The third-order valence-corrected chi connectivity index (χ3v) is 6.53. The minimum atomic E-state index is -0.920. The molecule has 3 N–H and O–H groups in total. The number of ketones is 1. The first-order valence-electron chi connectivity index (χ1n) is 9.35. The van der Waals surface area contributed by atoms with Crippen LogP contribution in [0.15, 0.2) is 24.3 Å². The Hall–Kier alpha value is -1.44. The Labute approximate surface area is 163 Å². The first kappa shape index (κ1) is 21.9. The molecule has 0 saturated heterocycles. The van der Waals surface area contributed by atoms with Gasteiger partial charge in [0, 0.05) is 23.3 Å². The molecule has 1 saturated carbocycles. The van der Waals surface area contributed by atoms with E-state index in [2.05, 4.69) is 0 Å². The van der Waals surface area contributed by atoms with Crippen LogP contribution >= 0.6 is 11.8 Å². The second kappa shape index (κ2) is 10.8. The van der Waals surface area contributed by atoms with Gasteiger partial charge in [-0.25, -0.2) is 4.39 Å². The summed E-state index contributed by atoms with van der Waals surface area (Å²) in [6.45, 7) is 0.0226. The second-order valence-corrected chi connectivity index (χ2v) is 8.27. The van der Waals surface area contributed by atoms with E-state index < -0.39 is 18.0 Å². The third kappa shape index (κ3) is 6.30. The molecule has 4 atom stereocenters. The minimum absolute atomic E-state index is 0.0226. The number of aliphatic hydroxyl groups is 2. The molecule has 5 nitrogen and oxygen atoms in total. The summed E-state index contributed by atoms with van der Waals surface area (Å²) in [6, 6.07) is 5.56. The summed E-state index contributed by atoms with van der Waals surface area (Å²) < 4.78 is 13.0. The Kier molecular flexibility index (Phi) is 8.73. The van der Waals surface area contributed by atoms with E-state index in [1.54, 1.807) is 0 Å². The normalized spacial score (nSPS) is 23.5. The number of rotatable bonds is 11. The molecular weight excluding hydrogens is 371 g/mol. The van der Waals surface area contributed by atoms with Crippen molar-refractivity contribution in [3.63, 3.8) is 0 Å². The van der Waals surface area contributed by atoms with Crippen molar-refractivity contribution < 1.29 is 29.3 Å². The zero-order valence-corrected chi connectivity index (χ0v) is 16.0. The van der Waals surface area contributed by atoms with Crippen LogP contribution in [0.25, 0.3) is 0 Å². The van der Waals surface area contributed by atoms with Crippen LogP contribution in [0.3, 0.4) is 0 Å². The van der Waals surface area contributed by atoms with Crippen molar-refractivity contribution >= 4 is 23.5 Å². The van der Waals surface area contributed by atoms with E-state index in [0.717, 1.165) is 12.8 Å². The predicted octanol–water partition coefficient (Wildman–Crippen LogP) is 2.99. The maximum Gasteiger partial charge on any atom is 0.310 e. The monoisotopic (exact) mass is 398 g/mol. The van der Waals surface area contributed by atoms with Gasteiger partial charge in [0.15, 0.2) is 0 Å². The highest BCUT2D eigenvalue weighted by Gasteiger charge is 2.41. The maximum atomic E-state index is 13.0. The number of hydrogen-bond donors (Lipinski definition) is 3. The highest BCUT2D eigenvalue weighted by molar-refractivity contribution is 8.00. The molecular formula is C20H27FO5S. The number of aliphatic hydroxyl groups excluding tert-OH is 2. The zero-order valence-electron chi connectivity index (χ0n) is 15.2. The Morgan fingerprint density at radius 1 is 1.22 bits per heavy atom. The highest BCUT2D eigenvalue weighted by Crippen LogP contribution is 2.36. The van der Waals surface area contributed by atoms with Gasteiger partial charge in [-0.2, -0.15) is 11.8 Å². The standard InChI is InChI=1S/C20H27FO5S/c21-14-8-6-13(7-9-14)15(20(25)26)4-2-1-3-5-16-17(23)12-18(24)19(16)27-11-10-22/h6-9,15-16,18-19,22,24H,1-5,10-12H2,(H,25,26)/t15?,16-,18?,19+/m0/s1. The average molecular weight is 398 g/mol. The Morgan fingerprint density at radius 3 is 2.56 bits per heavy atom. The summed E-state index contributed by atoms with van der Waals surface area (Å²) in [4.78, 5) is 23.6. The molecule has 27 heavy (non-hydrogen) atoms. The van der Waals surface area contributed by atoms with Gasteiger partial charge < -0.3 is 15.3 Å². The summed E-state index contributed by atoms with van der Waals surface area (Å²) in [5.74, 6) is -1.58. The molecule has 1 aromatic rings. The number of aliphatic carboxylic acids is 1. The van der Waals surface area contributed by atoms with E-state index >= 15 is 0 Å². The van der Waals surface area contributed by atoms with Crippen LogP contribution in [0, 0.1) is 11.7 Å². The summed E-state index contributed by atoms with van der Waals surface area (Å²) >= 11 is 1.45. The van der Waals surface area contributed by atoms with Crippen molar-refractivity contribution in [2.45, 2.75) is 55.8 Å². The lowest BCUT2D eigenvalue weighted by Gasteiger charge is -2.20. The molecule has 0 amide bonds. The molecule has 0 aromatic heterocycles. The number of Topliss-reactive ketones (excluding diaryl/α,β-unsaturated/α-hetero) is 1. The first-order chi connectivity index (χ1) is 12.9. The van der Waals surface area contributed by atoms with E-state index in [1.165, 1.54) is 36.0 Å². The molecule has 0 radical (unpaired) electrons. The number of benzene rings is 1. The summed E-state index contributed by atoms with van der Waals surface area (Å²) in [5, 5.41) is 28.2. The number of carbonyl (C=O) groups excluding carboxylic acids is 1. The van der Waals surface area contributed by atoms with Crippen LogP contribution in [0.2, 0.25) is 0 Å². The smallest absolute Gasteiger partial charge is 0.310 e. The quantitative estimate of drug-likeness (QED) is 0.496. The third-order valence-electron chi connectivity index (χ3n) is 5.08. The van der Waals surface area contributed by atoms with Crippen LogP contribution in [0.5, 0.6) is 0 Å². The van der Waals surface area contributed by atoms with Gasteiger partial charge in [-0.05, 0) is 30.5 Å². The lowest BCUT2D eigenvalue weighted by molar-refractivity contribution is -0.139. The molecule has 150 valence electrons. The molecule has 0 bridgehead atoms. The molecule has 0 heterocycles. The summed E-state index contributed by atoms with van der Waals surface area (Å²) in [6.07, 6.45) is 2.95. The van der Waals surface area contributed by atoms with E-state index in [1.807, 2.05) is 0 Å². The predicted molar refractivity (Wildman–Crippen MR) is 102 cm³/mol. The molecule has 0 aliphatic heterocycles. The molecule has 1 aliphatic carbocycles. The fourth-order valence-electron chi connectivity index (χ4n) is 3.68. The maximum absolute atomic E-state index is 13.0. The highest BCUT2D eigenvalue weighted by atomic mass is 32.2. The van der Waals surface area contributed by atoms with Crippen LogP contribution in [0.1, 0.15) is 50.0 Å². The Bertz CT molecular complexity index is 621. The van der Waals surface area contributed by atoms with E-state index in [0.29, 0.717) is 30.6 Å². The lowest BCUT2D eigenvalue weighted by atomic mass is 9.92. The van der Waals surface area contributed by atoms with Gasteiger partial charge in [0.05, 0.1) is 18.6 Å². The Balaban J connectivity index is 1.78. The van der Waals surface area contributed by atoms with Crippen LogP contribution in [-0.4, -0.2) is 50.8 Å². The zero-order chi connectivity index (χ0) is 19.8. The minimum Gasteiger partial charge on any atom is -0.481 e. The van der Waals surface area contributed by atoms with Crippen molar-refractivity contribution in [3.05, 3.63) is 35.6 Å². The number of thioether (sulfide) groups is 1. The topological polar surface area (TPSA) is 94.8 Å². The number of carbonyl (C=O) groups is 2. The van der Waals surface area contributed by atoms with Crippen molar-refractivity contribution in [1.82, 2.24) is 0 Å². The van der Waals surface area contributed by atoms with Gasteiger partial charge >= 0.3 is 5.97 Å². The van der Waals surface area contributed by atoms with Crippen molar-refractivity contribution in [1.29, 1.82) is 0 Å². The van der Waals surface area contributed by atoms with Gasteiger partial charge in [-0.1, -0.05) is 31.4 Å². The number of carboxylic acids is 1. The van der Waals surface area contributed by atoms with E-state index in [4.69, 9.17) is 5.11 Å². The largest absolute Gasteiger partial charge is 0.481 e. The SMILES string of the molecule is O=C(O)C(CCCCC[C@H]1C(=O)CC(O)[C@@H]1SCCO)c1ccc(F)cc1. The van der Waals surface area contributed by atoms with Gasteiger partial charge in [0.2, 0.25) is 0 Å². The average Bonchev–Trinajstić information content (AvgIpc) is 2.90. The van der Waals surface area contributed by atoms with E-state index in [-0.39, 0.29) is 35.8 Å². The molecule has 0 spiro atoms. The lowest BCUT2D eigenvalue weighted by Crippen LogP contribution is -2.24. The van der Waals surface area contributed by atoms with Crippen molar-refractivity contribution in [2.75, 3.05) is 12.4 Å². The first-order valence-corrected chi connectivity index (χ1v) is 10.4. The van der Waals surface area contributed by atoms with Gasteiger partial charge in [0.25, 0.3) is 0 Å². The number of unbranched alkanes of at least 4 members (excludes halogenated alkanes) is 2. The van der Waals surface area contributed by atoms with Crippen molar-refractivity contribution in [2.24, 2.45) is 5.92 Å². The fraction of sp³-hybridized carbons (Fsp3) is 0.600. The number of hydrogen-bond acceptors (Lipinski definition) is 5. The summed E-state index contributed by atoms with van der Waals surface area (Å²) in [7, 11) is 0. The van der Waals surface area contributed by atoms with Gasteiger partial charge in [-0.3, -0.25) is 9.59 Å².